The van der Waals surface area contributed by atoms with Gasteiger partial charge in [-0.2, -0.15) is 0 Å². The second-order valence-electron chi connectivity index (χ2n) is 3.45. The van der Waals surface area contributed by atoms with Crippen molar-refractivity contribution in [2.24, 2.45) is 0 Å². The third-order valence-corrected chi connectivity index (χ3v) is 2.04. The molecule has 80 valence electrons. The van der Waals surface area contributed by atoms with Gasteiger partial charge in [-0.3, -0.25) is 4.79 Å². The smallest absolute Gasteiger partial charge is 0.220 e. The van der Waals surface area contributed by atoms with Crippen LogP contribution in [0.15, 0.2) is 12.1 Å². The largest absolute Gasteiger partial charge is 0.481 e. The molecule has 1 aromatic rings. The number of carbonyl (C=O) groups excluding carboxylic acids is 1. The van der Waals surface area contributed by atoms with Crippen molar-refractivity contribution in [3.63, 3.8) is 0 Å². The third-order valence-electron chi connectivity index (χ3n) is 2.04. The zero-order valence-corrected chi connectivity index (χ0v) is 9.50. The Kier molecular flexibility index (Phi) is 3.61. The Morgan fingerprint density at radius 1 is 1.47 bits per heavy atom. The molecule has 1 heterocycles. The molecule has 3 heteroatoms. The average molecular weight is 205 g/mol. The highest BCUT2D eigenvalue weighted by Gasteiger charge is 2.06. The highest BCUT2D eigenvalue weighted by Crippen LogP contribution is 2.21. The fraction of sp³-hybridized carbons (Fsp3) is 0.333. The molecule has 0 fully saturated rings. The van der Waals surface area contributed by atoms with Crippen LogP contribution >= 0.6 is 0 Å². The molecule has 0 aromatic carbocycles. The molecule has 0 aliphatic rings. The van der Waals surface area contributed by atoms with Gasteiger partial charge in [-0.15, -0.1) is 0 Å². The van der Waals surface area contributed by atoms with Crippen LogP contribution in [0.2, 0.25) is 0 Å². The van der Waals surface area contributed by atoms with Crippen LogP contribution < -0.4 is 4.74 Å². The number of aryl methyl sites for hydroxylation is 2. The number of hydrogen-bond donors (Lipinski definition) is 0. The van der Waals surface area contributed by atoms with E-state index in [4.69, 9.17) is 4.74 Å². The maximum absolute atomic E-state index is 10.8. The van der Waals surface area contributed by atoms with Gasteiger partial charge in [0.05, 0.1) is 7.11 Å². The van der Waals surface area contributed by atoms with Crippen LogP contribution in [-0.2, 0) is 4.79 Å². The van der Waals surface area contributed by atoms with Crippen LogP contribution in [0.1, 0.15) is 23.7 Å². The van der Waals surface area contributed by atoms with Crippen molar-refractivity contribution in [1.29, 1.82) is 0 Å². The predicted octanol–water partition coefficient (Wildman–Crippen LogP) is 2.31. The van der Waals surface area contributed by atoms with Gasteiger partial charge in [0.2, 0.25) is 5.88 Å². The fourth-order valence-corrected chi connectivity index (χ4v) is 1.37. The molecular formula is C12H15NO2. The monoisotopic (exact) mass is 205 g/mol. The lowest BCUT2D eigenvalue weighted by atomic mass is 10.1. The Labute approximate surface area is 89.8 Å². The first kappa shape index (κ1) is 11.4. The molecule has 0 atom stereocenters. The highest BCUT2D eigenvalue weighted by molar-refractivity contribution is 5.92. The second kappa shape index (κ2) is 4.73. The van der Waals surface area contributed by atoms with Gasteiger partial charge in [-0.05, 0) is 44.6 Å². The SMILES string of the molecule is COc1nc(C)cc(C)c1C=CC(C)=O. The van der Waals surface area contributed by atoms with E-state index in [0.717, 1.165) is 16.8 Å². The maximum Gasteiger partial charge on any atom is 0.220 e. The number of pyridine rings is 1. The van der Waals surface area contributed by atoms with Crippen molar-refractivity contribution in [2.75, 3.05) is 7.11 Å². The van der Waals surface area contributed by atoms with Gasteiger partial charge in [-0.25, -0.2) is 4.98 Å². The molecule has 0 spiro atoms. The molecule has 0 amide bonds. The van der Waals surface area contributed by atoms with Gasteiger partial charge in [0, 0.05) is 11.3 Å². The Hall–Kier alpha value is -1.64. The summed E-state index contributed by atoms with van der Waals surface area (Å²) in [4.78, 5) is 15.1. The van der Waals surface area contributed by atoms with Crippen molar-refractivity contribution >= 4 is 11.9 Å². The van der Waals surface area contributed by atoms with E-state index in [1.807, 2.05) is 19.9 Å². The summed E-state index contributed by atoms with van der Waals surface area (Å²) in [5, 5.41) is 0. The third kappa shape index (κ3) is 2.91. The predicted molar refractivity (Wildman–Crippen MR) is 60.0 cm³/mol. The van der Waals surface area contributed by atoms with Crippen molar-refractivity contribution in [2.45, 2.75) is 20.8 Å². The molecule has 0 aliphatic heterocycles. The molecule has 0 radical (unpaired) electrons. The Bertz CT molecular complexity index is 408. The molecule has 0 saturated carbocycles. The molecule has 1 aromatic heterocycles. The van der Waals surface area contributed by atoms with Gasteiger partial charge < -0.3 is 4.74 Å². The zero-order valence-electron chi connectivity index (χ0n) is 9.50. The van der Waals surface area contributed by atoms with E-state index in [1.54, 1.807) is 13.2 Å². The summed E-state index contributed by atoms with van der Waals surface area (Å²) in [6, 6.07) is 1.96. The second-order valence-corrected chi connectivity index (χ2v) is 3.45. The summed E-state index contributed by atoms with van der Waals surface area (Å²) < 4.78 is 5.17. The first-order valence-electron chi connectivity index (χ1n) is 4.75. The van der Waals surface area contributed by atoms with Gasteiger partial charge in [0.15, 0.2) is 5.78 Å². The van der Waals surface area contributed by atoms with Crippen molar-refractivity contribution in [3.8, 4) is 5.88 Å². The van der Waals surface area contributed by atoms with Gasteiger partial charge >= 0.3 is 0 Å². The summed E-state index contributed by atoms with van der Waals surface area (Å²) in [6.45, 7) is 5.39. The number of rotatable bonds is 3. The topological polar surface area (TPSA) is 39.2 Å². The lowest BCUT2D eigenvalue weighted by Gasteiger charge is -2.07. The first-order chi connectivity index (χ1) is 7.04. The lowest BCUT2D eigenvalue weighted by Crippen LogP contribution is -1.96. The van der Waals surface area contributed by atoms with Crippen LogP contribution in [-0.4, -0.2) is 17.9 Å². The Balaban J connectivity index is 3.20. The number of nitrogens with zero attached hydrogens (tertiary/aromatic N) is 1. The van der Waals surface area contributed by atoms with E-state index in [0.29, 0.717) is 5.88 Å². The van der Waals surface area contributed by atoms with Gasteiger partial charge in [0.1, 0.15) is 0 Å². The fourth-order valence-electron chi connectivity index (χ4n) is 1.37. The maximum atomic E-state index is 10.8. The normalized spacial score (nSPS) is 10.7. The van der Waals surface area contributed by atoms with Crippen molar-refractivity contribution < 1.29 is 9.53 Å². The van der Waals surface area contributed by atoms with Crippen LogP contribution in [0.5, 0.6) is 5.88 Å². The van der Waals surface area contributed by atoms with Gasteiger partial charge in [0.25, 0.3) is 0 Å². The van der Waals surface area contributed by atoms with Crippen LogP contribution in [0.25, 0.3) is 6.08 Å². The number of aromatic nitrogens is 1. The van der Waals surface area contributed by atoms with E-state index in [-0.39, 0.29) is 5.78 Å². The van der Waals surface area contributed by atoms with Crippen LogP contribution in [0, 0.1) is 13.8 Å². The molecule has 15 heavy (non-hydrogen) atoms. The summed E-state index contributed by atoms with van der Waals surface area (Å²) >= 11 is 0. The molecule has 0 N–H and O–H groups in total. The van der Waals surface area contributed by atoms with E-state index in [1.165, 1.54) is 13.0 Å². The molecule has 3 nitrogen and oxygen atoms in total. The Morgan fingerprint density at radius 2 is 2.13 bits per heavy atom. The summed E-state index contributed by atoms with van der Waals surface area (Å²) in [5.74, 6) is 0.571. The number of ether oxygens (including phenoxy) is 1. The van der Waals surface area contributed by atoms with Crippen LogP contribution in [0.3, 0.4) is 0 Å². The minimum atomic E-state index is 0.0111. The highest BCUT2D eigenvalue weighted by atomic mass is 16.5. The van der Waals surface area contributed by atoms with E-state index < -0.39 is 0 Å². The van der Waals surface area contributed by atoms with E-state index in [2.05, 4.69) is 4.98 Å². The number of allylic oxidation sites excluding steroid dienone is 1. The van der Waals surface area contributed by atoms with Crippen molar-refractivity contribution in [3.05, 3.63) is 29.0 Å². The summed E-state index contributed by atoms with van der Waals surface area (Å²) in [7, 11) is 1.58. The Morgan fingerprint density at radius 3 is 2.67 bits per heavy atom. The number of hydrogen-bond acceptors (Lipinski definition) is 3. The molecule has 1 rings (SSSR count). The standard InChI is InChI=1S/C12H15NO2/c1-8-7-9(2)13-12(15-4)11(8)6-5-10(3)14/h5-7H,1-4H3. The van der Waals surface area contributed by atoms with E-state index >= 15 is 0 Å². The van der Waals surface area contributed by atoms with Gasteiger partial charge in [-0.1, -0.05) is 0 Å². The molecule has 0 saturated heterocycles. The molecule has 0 bridgehead atoms. The summed E-state index contributed by atoms with van der Waals surface area (Å²) in [6.07, 6.45) is 3.25. The van der Waals surface area contributed by atoms with Crippen molar-refractivity contribution in [1.82, 2.24) is 4.98 Å². The zero-order chi connectivity index (χ0) is 11.4. The number of methoxy groups -OCH3 is 1. The van der Waals surface area contributed by atoms with E-state index in [9.17, 15) is 4.79 Å². The molecular weight excluding hydrogens is 190 g/mol. The lowest BCUT2D eigenvalue weighted by molar-refractivity contribution is -0.112. The minimum Gasteiger partial charge on any atom is -0.481 e. The molecule has 0 unspecified atom stereocenters. The quantitative estimate of drug-likeness (QED) is 0.711. The number of ketones is 1. The first-order valence-corrected chi connectivity index (χ1v) is 4.75. The number of carbonyl (C=O) groups is 1. The molecule has 0 aliphatic carbocycles. The summed E-state index contributed by atoms with van der Waals surface area (Å²) in [5.41, 5.74) is 2.82. The average Bonchev–Trinajstić information content (AvgIpc) is 2.14. The van der Waals surface area contributed by atoms with Crippen LogP contribution in [0.4, 0.5) is 0 Å². The minimum absolute atomic E-state index is 0.0111.